The van der Waals surface area contributed by atoms with Crippen LogP contribution >= 0.6 is 0 Å². The van der Waals surface area contributed by atoms with Gasteiger partial charge in [0.15, 0.2) is 11.6 Å². The minimum atomic E-state index is -1.27. The molecule has 0 aromatic heterocycles. The van der Waals surface area contributed by atoms with Crippen molar-refractivity contribution in [3.8, 4) is 16.9 Å². The number of nitrogens with one attached hydrogen (secondary N) is 1. The number of amides is 1. The second-order valence-corrected chi connectivity index (χ2v) is 6.75. The van der Waals surface area contributed by atoms with Crippen molar-refractivity contribution in [3.63, 3.8) is 0 Å². The highest BCUT2D eigenvalue weighted by atomic mass is 19.1. The van der Waals surface area contributed by atoms with Crippen LogP contribution in [0.15, 0.2) is 72.8 Å². The molecule has 0 aliphatic rings. The van der Waals surface area contributed by atoms with Crippen molar-refractivity contribution in [1.82, 2.24) is 5.32 Å². The Morgan fingerprint density at radius 2 is 1.68 bits per heavy atom. The predicted molar refractivity (Wildman–Crippen MR) is 107 cm³/mol. The fraction of sp³-hybridized carbons (Fsp3) is 0.174. The minimum Gasteiger partial charge on any atom is -0.494 e. The molecule has 3 rings (SSSR count). The second-order valence-electron chi connectivity index (χ2n) is 6.75. The molecule has 28 heavy (non-hydrogen) atoms. The molecule has 0 aliphatic carbocycles. The molecule has 0 bridgehead atoms. The van der Waals surface area contributed by atoms with E-state index in [0.29, 0.717) is 5.56 Å². The van der Waals surface area contributed by atoms with Crippen molar-refractivity contribution in [2.24, 2.45) is 0 Å². The Hall–Kier alpha value is -3.18. The number of hydrogen-bond acceptors (Lipinski definition) is 3. The molecule has 1 amide bonds. The quantitative estimate of drug-likeness (QED) is 0.677. The standard InChI is InChI=1S/C23H22FNO3/c1-23(27,15-25-22(26)18-10-13-21(28-2)20(24)14-18)19-11-8-17(9-12-19)16-6-4-3-5-7-16/h3-14,27H,15H2,1-2H3,(H,25,26)/t23-/m0/s1. The Kier molecular flexibility index (Phi) is 5.76. The van der Waals surface area contributed by atoms with Crippen molar-refractivity contribution < 1.29 is 19.0 Å². The summed E-state index contributed by atoms with van der Waals surface area (Å²) in [6.45, 7) is 1.61. The zero-order valence-corrected chi connectivity index (χ0v) is 15.8. The molecule has 0 fully saturated rings. The number of halogens is 1. The topological polar surface area (TPSA) is 58.6 Å². The summed E-state index contributed by atoms with van der Waals surface area (Å²) >= 11 is 0. The fourth-order valence-corrected chi connectivity index (χ4v) is 2.92. The van der Waals surface area contributed by atoms with Crippen molar-refractivity contribution in [2.75, 3.05) is 13.7 Å². The smallest absolute Gasteiger partial charge is 0.251 e. The van der Waals surface area contributed by atoms with Crippen LogP contribution in [0.1, 0.15) is 22.8 Å². The predicted octanol–water partition coefficient (Wildman–Crippen LogP) is 4.14. The Morgan fingerprint density at radius 3 is 2.29 bits per heavy atom. The second kappa shape index (κ2) is 8.23. The lowest BCUT2D eigenvalue weighted by atomic mass is 9.93. The van der Waals surface area contributed by atoms with Crippen LogP contribution in [0, 0.1) is 5.82 Å². The maximum absolute atomic E-state index is 13.8. The largest absolute Gasteiger partial charge is 0.494 e. The Balaban J connectivity index is 1.68. The van der Waals surface area contributed by atoms with Gasteiger partial charge in [0.1, 0.15) is 5.60 Å². The Bertz CT molecular complexity index is 953. The molecule has 0 aliphatic heterocycles. The third kappa shape index (κ3) is 4.38. The van der Waals surface area contributed by atoms with Crippen LogP contribution in [0.25, 0.3) is 11.1 Å². The molecular weight excluding hydrogens is 357 g/mol. The molecule has 5 heteroatoms. The molecule has 144 valence electrons. The molecule has 0 radical (unpaired) electrons. The number of carbonyl (C=O) groups is 1. The van der Waals surface area contributed by atoms with Crippen molar-refractivity contribution in [3.05, 3.63) is 89.7 Å². The van der Waals surface area contributed by atoms with Crippen LogP contribution in [0.5, 0.6) is 5.75 Å². The van der Waals surface area contributed by atoms with Crippen molar-refractivity contribution >= 4 is 5.91 Å². The van der Waals surface area contributed by atoms with E-state index < -0.39 is 17.3 Å². The van der Waals surface area contributed by atoms with E-state index in [9.17, 15) is 14.3 Å². The van der Waals surface area contributed by atoms with Crippen LogP contribution in [0.2, 0.25) is 0 Å². The normalized spacial score (nSPS) is 12.9. The van der Waals surface area contributed by atoms with Gasteiger partial charge in [-0.3, -0.25) is 4.79 Å². The maximum Gasteiger partial charge on any atom is 0.251 e. The van der Waals surface area contributed by atoms with Crippen LogP contribution in [-0.4, -0.2) is 24.7 Å². The summed E-state index contributed by atoms with van der Waals surface area (Å²) in [5, 5.41) is 13.4. The van der Waals surface area contributed by atoms with Crippen LogP contribution in [0.3, 0.4) is 0 Å². The lowest BCUT2D eigenvalue weighted by Gasteiger charge is -2.24. The lowest BCUT2D eigenvalue weighted by molar-refractivity contribution is 0.0526. The molecule has 0 saturated carbocycles. The van der Waals surface area contributed by atoms with E-state index in [1.807, 2.05) is 54.6 Å². The average Bonchev–Trinajstić information content (AvgIpc) is 2.72. The number of rotatable bonds is 6. The van der Waals surface area contributed by atoms with E-state index >= 15 is 0 Å². The summed E-state index contributed by atoms with van der Waals surface area (Å²) in [6.07, 6.45) is 0. The van der Waals surface area contributed by atoms with E-state index in [2.05, 4.69) is 5.32 Å². The molecule has 0 saturated heterocycles. The van der Waals surface area contributed by atoms with Crippen LogP contribution < -0.4 is 10.1 Å². The first-order valence-electron chi connectivity index (χ1n) is 8.91. The van der Waals surface area contributed by atoms with Gasteiger partial charge in [0, 0.05) is 5.56 Å². The molecule has 4 nitrogen and oxygen atoms in total. The third-order valence-electron chi connectivity index (χ3n) is 4.62. The molecule has 2 N–H and O–H groups in total. The number of benzene rings is 3. The Morgan fingerprint density at radius 1 is 1.04 bits per heavy atom. The monoisotopic (exact) mass is 379 g/mol. The van der Waals surface area contributed by atoms with Crippen LogP contribution in [-0.2, 0) is 5.60 Å². The van der Waals surface area contributed by atoms with Gasteiger partial charge in [-0.15, -0.1) is 0 Å². The number of methoxy groups -OCH3 is 1. The first kappa shape index (κ1) is 19.6. The summed E-state index contributed by atoms with van der Waals surface area (Å²) in [4.78, 5) is 12.3. The van der Waals surface area contributed by atoms with Crippen molar-refractivity contribution in [2.45, 2.75) is 12.5 Å². The average molecular weight is 379 g/mol. The van der Waals surface area contributed by atoms with E-state index in [4.69, 9.17) is 4.74 Å². The van der Waals surface area contributed by atoms with Crippen molar-refractivity contribution in [1.29, 1.82) is 0 Å². The van der Waals surface area contributed by atoms with Gasteiger partial charge in [-0.05, 0) is 41.8 Å². The van der Waals surface area contributed by atoms with Gasteiger partial charge in [-0.2, -0.15) is 0 Å². The van der Waals surface area contributed by atoms with Gasteiger partial charge in [-0.1, -0.05) is 54.6 Å². The molecule has 1 atom stereocenters. The summed E-state index contributed by atoms with van der Waals surface area (Å²) in [5.41, 5.74) is 1.69. The highest BCUT2D eigenvalue weighted by Gasteiger charge is 2.24. The molecule has 0 spiro atoms. The zero-order chi connectivity index (χ0) is 20.1. The first-order chi connectivity index (χ1) is 13.4. The third-order valence-corrected chi connectivity index (χ3v) is 4.62. The molecule has 0 heterocycles. The van der Waals surface area contributed by atoms with Gasteiger partial charge in [0.25, 0.3) is 5.91 Å². The SMILES string of the molecule is COc1ccc(C(=O)NC[C@](C)(O)c2ccc(-c3ccccc3)cc2)cc1F. The van der Waals surface area contributed by atoms with E-state index in [1.54, 1.807) is 6.92 Å². The summed E-state index contributed by atoms with van der Waals surface area (Å²) in [7, 11) is 1.36. The van der Waals surface area contributed by atoms with Gasteiger partial charge in [-0.25, -0.2) is 4.39 Å². The van der Waals surface area contributed by atoms with Gasteiger partial charge in [0.2, 0.25) is 0 Å². The number of hydrogen-bond donors (Lipinski definition) is 2. The highest BCUT2D eigenvalue weighted by molar-refractivity contribution is 5.94. The van der Waals surface area contributed by atoms with Crippen LogP contribution in [0.4, 0.5) is 4.39 Å². The number of ether oxygens (including phenoxy) is 1. The Labute approximate surface area is 163 Å². The fourth-order valence-electron chi connectivity index (χ4n) is 2.92. The summed E-state index contributed by atoms with van der Waals surface area (Å²) in [5.74, 6) is -1.01. The van der Waals surface area contributed by atoms with E-state index in [-0.39, 0.29) is 17.9 Å². The molecule has 0 unspecified atom stereocenters. The lowest BCUT2D eigenvalue weighted by Crippen LogP contribution is -2.38. The number of carbonyl (C=O) groups excluding carboxylic acids is 1. The molecule has 3 aromatic carbocycles. The van der Waals surface area contributed by atoms with E-state index in [1.165, 1.54) is 19.2 Å². The minimum absolute atomic E-state index is 0.00976. The molecule has 3 aromatic rings. The van der Waals surface area contributed by atoms with Gasteiger partial charge >= 0.3 is 0 Å². The zero-order valence-electron chi connectivity index (χ0n) is 15.8. The highest BCUT2D eigenvalue weighted by Crippen LogP contribution is 2.25. The first-order valence-corrected chi connectivity index (χ1v) is 8.91. The van der Waals surface area contributed by atoms with E-state index in [0.717, 1.165) is 17.2 Å². The van der Waals surface area contributed by atoms with Gasteiger partial charge in [0.05, 0.1) is 13.7 Å². The molecular formula is C23H22FNO3. The summed E-state index contributed by atoms with van der Waals surface area (Å²) in [6, 6.07) is 21.4. The number of aliphatic hydroxyl groups is 1. The maximum atomic E-state index is 13.8. The van der Waals surface area contributed by atoms with Gasteiger partial charge < -0.3 is 15.2 Å². The summed E-state index contributed by atoms with van der Waals surface area (Å²) < 4.78 is 18.6.